The lowest BCUT2D eigenvalue weighted by Gasteiger charge is -2.53. The summed E-state index contributed by atoms with van der Waals surface area (Å²) < 4.78 is 0. The van der Waals surface area contributed by atoms with Gasteiger partial charge in [0.05, 0.1) is 0 Å². The van der Waals surface area contributed by atoms with E-state index in [-0.39, 0.29) is 34.9 Å². The number of Topliss-reactive ketones (excluding diaryl/α,β-unsaturated/α-hetero) is 1. The Bertz CT molecular complexity index is 647. The number of phenolic OH excluding ortho intramolecular Hbond substituents is 1. The lowest BCUT2D eigenvalue weighted by Crippen LogP contribution is -2.49. The monoisotopic (exact) mass is 316 g/mol. The van der Waals surface area contributed by atoms with E-state index in [4.69, 9.17) is 0 Å². The molecule has 1 aromatic carbocycles. The second-order valence-corrected chi connectivity index (χ2v) is 8.48. The molecule has 0 bridgehead atoms. The highest BCUT2D eigenvalue weighted by atomic mass is 16.3. The van der Waals surface area contributed by atoms with Gasteiger partial charge >= 0.3 is 0 Å². The molecule has 0 amide bonds. The Morgan fingerprint density at radius 2 is 1.96 bits per heavy atom. The van der Waals surface area contributed by atoms with Crippen LogP contribution in [-0.2, 0) is 5.41 Å². The predicted molar refractivity (Wildman–Crippen MR) is 91.0 cm³/mol. The zero-order chi connectivity index (χ0) is 17.0. The van der Waals surface area contributed by atoms with Gasteiger partial charge in [-0.05, 0) is 52.8 Å². The molecule has 0 aliphatic heterocycles. The molecule has 1 saturated carbocycles. The number of fused-ring (bicyclic) bond motifs is 3. The molecule has 1 fully saturated rings. The van der Waals surface area contributed by atoms with E-state index in [0.29, 0.717) is 17.9 Å². The number of hydrogen-bond donors (Lipinski definition) is 2. The van der Waals surface area contributed by atoms with Crippen molar-refractivity contribution >= 4 is 5.78 Å². The molecule has 0 radical (unpaired) electrons. The molecule has 2 aliphatic rings. The van der Waals surface area contributed by atoms with Gasteiger partial charge in [0.15, 0.2) is 5.78 Å². The molecule has 2 N–H and O–H groups in total. The first-order valence-electron chi connectivity index (χ1n) is 8.72. The predicted octanol–water partition coefficient (Wildman–Crippen LogP) is 4.16. The molecule has 2 aliphatic carbocycles. The van der Waals surface area contributed by atoms with Crippen LogP contribution >= 0.6 is 0 Å². The number of rotatable bonds is 2. The summed E-state index contributed by atoms with van der Waals surface area (Å²) in [5.74, 6) is 0.554. The topological polar surface area (TPSA) is 57.5 Å². The van der Waals surface area contributed by atoms with E-state index in [1.807, 2.05) is 19.1 Å². The molecular formula is C20H28O3. The average molecular weight is 316 g/mol. The Labute approximate surface area is 138 Å². The van der Waals surface area contributed by atoms with Crippen LogP contribution in [0.1, 0.15) is 80.8 Å². The number of ketones is 1. The van der Waals surface area contributed by atoms with Crippen LogP contribution in [0.5, 0.6) is 5.75 Å². The van der Waals surface area contributed by atoms with E-state index < -0.39 is 0 Å². The molecule has 23 heavy (non-hydrogen) atoms. The molecule has 0 unspecified atom stereocenters. The Morgan fingerprint density at radius 3 is 2.61 bits per heavy atom. The highest BCUT2D eigenvalue weighted by Gasteiger charge is 2.52. The van der Waals surface area contributed by atoms with Gasteiger partial charge in [-0.25, -0.2) is 0 Å². The summed E-state index contributed by atoms with van der Waals surface area (Å²) in [6.45, 7) is 8.64. The minimum Gasteiger partial charge on any atom is -0.508 e. The van der Waals surface area contributed by atoms with Crippen molar-refractivity contribution in [2.24, 2.45) is 11.3 Å². The summed E-state index contributed by atoms with van der Waals surface area (Å²) in [5.41, 5.74) is 2.54. The van der Waals surface area contributed by atoms with Crippen molar-refractivity contribution in [1.29, 1.82) is 0 Å². The maximum Gasteiger partial charge on any atom is 0.163 e. The molecule has 3 heteroatoms. The van der Waals surface area contributed by atoms with Crippen LogP contribution in [0.4, 0.5) is 0 Å². The number of aliphatic hydroxyl groups is 1. The molecule has 0 saturated heterocycles. The van der Waals surface area contributed by atoms with E-state index in [2.05, 4.69) is 20.8 Å². The summed E-state index contributed by atoms with van der Waals surface area (Å²) >= 11 is 0. The summed E-state index contributed by atoms with van der Waals surface area (Å²) in [6, 6.07) is 3.64. The Hall–Kier alpha value is -1.35. The van der Waals surface area contributed by atoms with Crippen LogP contribution in [0.3, 0.4) is 0 Å². The number of benzene rings is 1. The van der Waals surface area contributed by atoms with Crippen LogP contribution in [-0.4, -0.2) is 22.6 Å². The van der Waals surface area contributed by atoms with Gasteiger partial charge in [0.2, 0.25) is 0 Å². The van der Waals surface area contributed by atoms with E-state index in [0.717, 1.165) is 30.4 Å². The van der Waals surface area contributed by atoms with Crippen LogP contribution in [0.15, 0.2) is 12.1 Å². The highest BCUT2D eigenvalue weighted by Crippen LogP contribution is 2.57. The first-order valence-corrected chi connectivity index (χ1v) is 8.72. The molecule has 3 rings (SSSR count). The Morgan fingerprint density at radius 1 is 1.26 bits per heavy atom. The largest absolute Gasteiger partial charge is 0.508 e. The molecule has 3 nitrogen and oxygen atoms in total. The van der Waals surface area contributed by atoms with Gasteiger partial charge in [-0.2, -0.15) is 0 Å². The third-order valence-electron chi connectivity index (χ3n) is 6.51. The smallest absolute Gasteiger partial charge is 0.163 e. The number of carbonyl (C=O) groups excluding carboxylic acids is 1. The zero-order valence-electron chi connectivity index (χ0n) is 14.6. The summed E-state index contributed by atoms with van der Waals surface area (Å²) in [4.78, 5) is 12.8. The van der Waals surface area contributed by atoms with Crippen LogP contribution in [0.25, 0.3) is 0 Å². The van der Waals surface area contributed by atoms with Gasteiger partial charge in [0.25, 0.3) is 0 Å². The quantitative estimate of drug-likeness (QED) is 0.861. The number of hydrogen-bond acceptors (Lipinski definition) is 3. The van der Waals surface area contributed by atoms with Crippen molar-refractivity contribution in [2.45, 2.75) is 64.7 Å². The second kappa shape index (κ2) is 5.34. The van der Waals surface area contributed by atoms with Crippen molar-refractivity contribution in [3.05, 3.63) is 28.8 Å². The molecule has 0 aromatic heterocycles. The molecule has 126 valence electrons. The minimum atomic E-state index is -0.165. The van der Waals surface area contributed by atoms with Gasteiger partial charge in [-0.1, -0.05) is 34.1 Å². The number of carbonyl (C=O) groups is 1. The molecule has 0 spiro atoms. The van der Waals surface area contributed by atoms with Gasteiger partial charge in [0.1, 0.15) is 5.75 Å². The van der Waals surface area contributed by atoms with Gasteiger partial charge < -0.3 is 10.2 Å². The highest BCUT2D eigenvalue weighted by molar-refractivity contribution is 6.00. The Balaban J connectivity index is 2.17. The molecular weight excluding hydrogens is 288 g/mol. The number of aliphatic hydroxyl groups excluding tert-OH is 1. The van der Waals surface area contributed by atoms with Crippen LogP contribution < -0.4 is 0 Å². The van der Waals surface area contributed by atoms with Gasteiger partial charge in [0, 0.05) is 24.5 Å². The van der Waals surface area contributed by atoms with Crippen molar-refractivity contribution in [2.75, 3.05) is 6.61 Å². The van der Waals surface area contributed by atoms with E-state index in [1.165, 1.54) is 0 Å². The third kappa shape index (κ3) is 2.40. The van der Waals surface area contributed by atoms with Crippen molar-refractivity contribution in [3.63, 3.8) is 0 Å². The maximum atomic E-state index is 12.8. The number of phenols is 1. The fourth-order valence-electron chi connectivity index (χ4n) is 5.04. The average Bonchev–Trinajstić information content (AvgIpc) is 2.48. The molecule has 1 aromatic rings. The SMILES string of the molecule is C[C@H](CO)c1cc2c(cc1O)[C@@]1(C)CCCC(C)(C)[C@@H]1CC2=O. The van der Waals surface area contributed by atoms with E-state index in [9.17, 15) is 15.0 Å². The standard InChI is InChI=1S/C20H28O3/c1-12(11-21)13-8-14-15(9-16(13)22)20(4)7-5-6-19(2,3)18(20)10-17(14)23/h8-9,12,18,21-22H,5-7,10-11H2,1-4H3/t12-,18+,20-/m1/s1. The fraction of sp³-hybridized carbons (Fsp3) is 0.650. The number of aromatic hydroxyl groups is 1. The minimum absolute atomic E-state index is 0.0343. The first-order chi connectivity index (χ1) is 10.7. The lowest BCUT2D eigenvalue weighted by molar-refractivity contribution is 0.0367. The van der Waals surface area contributed by atoms with Crippen LogP contribution in [0, 0.1) is 11.3 Å². The van der Waals surface area contributed by atoms with Crippen molar-refractivity contribution in [1.82, 2.24) is 0 Å². The van der Waals surface area contributed by atoms with E-state index in [1.54, 1.807) is 0 Å². The maximum absolute atomic E-state index is 12.8. The van der Waals surface area contributed by atoms with Gasteiger partial charge in [-0.15, -0.1) is 0 Å². The molecule has 0 heterocycles. The lowest BCUT2D eigenvalue weighted by atomic mass is 9.50. The van der Waals surface area contributed by atoms with Crippen molar-refractivity contribution < 1.29 is 15.0 Å². The summed E-state index contributed by atoms with van der Waals surface area (Å²) in [5, 5.41) is 19.9. The fourth-order valence-corrected chi connectivity index (χ4v) is 5.04. The zero-order valence-corrected chi connectivity index (χ0v) is 14.6. The molecule has 3 atom stereocenters. The third-order valence-corrected chi connectivity index (χ3v) is 6.51. The first kappa shape index (κ1) is 16.5. The summed E-state index contributed by atoms with van der Waals surface area (Å²) in [7, 11) is 0. The van der Waals surface area contributed by atoms with Crippen LogP contribution in [0.2, 0.25) is 0 Å². The van der Waals surface area contributed by atoms with Gasteiger partial charge in [-0.3, -0.25) is 4.79 Å². The second-order valence-electron chi connectivity index (χ2n) is 8.48. The van der Waals surface area contributed by atoms with E-state index >= 15 is 0 Å². The van der Waals surface area contributed by atoms with Crippen molar-refractivity contribution in [3.8, 4) is 5.75 Å². The summed E-state index contributed by atoms with van der Waals surface area (Å²) in [6.07, 6.45) is 3.97. The Kier molecular flexibility index (Phi) is 3.83. The normalized spacial score (nSPS) is 30.5.